The van der Waals surface area contributed by atoms with Crippen LogP contribution in [0.25, 0.3) is 0 Å². The summed E-state index contributed by atoms with van der Waals surface area (Å²) in [6.07, 6.45) is 0. The van der Waals surface area contributed by atoms with Gasteiger partial charge >= 0.3 is 0 Å². The zero-order valence-electron chi connectivity index (χ0n) is 9.60. The quantitative estimate of drug-likeness (QED) is 0.482. The zero-order valence-corrected chi connectivity index (χ0v) is 9.60. The Hall–Kier alpha value is -1.91. The molecule has 0 spiro atoms. The van der Waals surface area contributed by atoms with Crippen molar-refractivity contribution < 1.29 is 4.92 Å². The summed E-state index contributed by atoms with van der Waals surface area (Å²) < 4.78 is 0. The van der Waals surface area contributed by atoms with Crippen LogP contribution in [0.3, 0.4) is 0 Å². The van der Waals surface area contributed by atoms with E-state index in [1.165, 1.54) is 6.07 Å². The van der Waals surface area contributed by atoms with E-state index < -0.39 is 4.92 Å². The van der Waals surface area contributed by atoms with Crippen LogP contribution in [-0.4, -0.2) is 10.6 Å². The van der Waals surface area contributed by atoms with E-state index in [0.717, 1.165) is 5.71 Å². The zero-order chi connectivity index (χ0) is 12.1. The first kappa shape index (κ1) is 12.2. The first-order valence-corrected chi connectivity index (χ1v) is 5.06. The Balaban J connectivity index is 2.89. The van der Waals surface area contributed by atoms with Crippen molar-refractivity contribution in [1.82, 2.24) is 0 Å². The molecule has 1 aromatic carbocycles. The van der Waals surface area contributed by atoms with Crippen LogP contribution >= 0.6 is 0 Å². The summed E-state index contributed by atoms with van der Waals surface area (Å²) >= 11 is 0. The minimum Gasteiger partial charge on any atom is -0.272 e. The number of para-hydroxylation sites is 2. The number of anilines is 1. The van der Waals surface area contributed by atoms with Crippen LogP contribution in [0.5, 0.6) is 0 Å². The second-order valence-electron chi connectivity index (χ2n) is 3.79. The Kier molecular flexibility index (Phi) is 3.99. The van der Waals surface area contributed by atoms with E-state index in [4.69, 9.17) is 0 Å². The summed E-state index contributed by atoms with van der Waals surface area (Å²) in [4.78, 5) is 10.3. The molecule has 1 N–H and O–H groups in total. The number of nitrogens with zero attached hydrogens (tertiary/aromatic N) is 2. The van der Waals surface area contributed by atoms with Crippen molar-refractivity contribution in [2.45, 2.75) is 20.8 Å². The molecular formula is C11H15N3O2. The maximum absolute atomic E-state index is 10.7. The van der Waals surface area contributed by atoms with E-state index >= 15 is 0 Å². The molecule has 5 heteroatoms. The van der Waals surface area contributed by atoms with Crippen LogP contribution in [0.2, 0.25) is 0 Å². The lowest BCUT2D eigenvalue weighted by Crippen LogP contribution is -2.05. The van der Waals surface area contributed by atoms with Crippen molar-refractivity contribution in [2.24, 2.45) is 11.0 Å². The summed E-state index contributed by atoms with van der Waals surface area (Å²) in [6, 6.07) is 6.44. The van der Waals surface area contributed by atoms with Gasteiger partial charge in [0, 0.05) is 11.8 Å². The fourth-order valence-corrected chi connectivity index (χ4v) is 1.00. The van der Waals surface area contributed by atoms with Crippen LogP contribution in [0, 0.1) is 16.0 Å². The molecule has 0 aliphatic heterocycles. The molecule has 0 saturated carbocycles. The molecule has 0 amide bonds. The Bertz CT molecular complexity index is 413. The van der Waals surface area contributed by atoms with Crippen LogP contribution in [0.15, 0.2) is 29.4 Å². The topological polar surface area (TPSA) is 67.5 Å². The fraction of sp³-hybridized carbons (Fsp3) is 0.364. The highest BCUT2D eigenvalue weighted by Gasteiger charge is 2.11. The Morgan fingerprint density at radius 2 is 2.06 bits per heavy atom. The van der Waals surface area contributed by atoms with E-state index in [-0.39, 0.29) is 5.69 Å². The molecule has 0 heterocycles. The van der Waals surface area contributed by atoms with E-state index in [2.05, 4.69) is 10.5 Å². The molecule has 0 bridgehead atoms. The predicted octanol–water partition coefficient (Wildman–Crippen LogP) is 3.04. The Morgan fingerprint density at radius 1 is 1.44 bits per heavy atom. The first-order chi connectivity index (χ1) is 7.52. The van der Waals surface area contributed by atoms with Crippen LogP contribution in [0.1, 0.15) is 20.8 Å². The van der Waals surface area contributed by atoms with Gasteiger partial charge in [0.05, 0.1) is 4.92 Å². The maximum atomic E-state index is 10.7. The first-order valence-electron chi connectivity index (χ1n) is 5.06. The normalized spacial score (nSPS) is 11.6. The van der Waals surface area contributed by atoms with Crippen molar-refractivity contribution in [3.63, 3.8) is 0 Å². The largest absolute Gasteiger partial charge is 0.294 e. The molecule has 0 saturated heterocycles. The van der Waals surface area contributed by atoms with Crippen molar-refractivity contribution in [3.05, 3.63) is 34.4 Å². The number of nitrogens with one attached hydrogen (secondary N) is 1. The van der Waals surface area contributed by atoms with Crippen LogP contribution < -0.4 is 5.43 Å². The molecule has 1 rings (SSSR count). The van der Waals surface area contributed by atoms with E-state index in [0.29, 0.717) is 11.6 Å². The molecule has 16 heavy (non-hydrogen) atoms. The highest BCUT2D eigenvalue weighted by molar-refractivity contribution is 5.84. The SMILES string of the molecule is CC(=NNc1ccccc1[N+](=O)[O-])C(C)C. The number of rotatable bonds is 4. The average molecular weight is 221 g/mol. The lowest BCUT2D eigenvalue weighted by molar-refractivity contribution is -0.384. The highest BCUT2D eigenvalue weighted by atomic mass is 16.6. The molecule has 0 aliphatic rings. The molecule has 5 nitrogen and oxygen atoms in total. The lowest BCUT2D eigenvalue weighted by Gasteiger charge is -2.05. The van der Waals surface area contributed by atoms with Crippen molar-refractivity contribution >= 4 is 17.1 Å². The van der Waals surface area contributed by atoms with Crippen LogP contribution in [0.4, 0.5) is 11.4 Å². The average Bonchev–Trinajstić information content (AvgIpc) is 2.25. The van der Waals surface area contributed by atoms with Crippen molar-refractivity contribution in [1.29, 1.82) is 0 Å². The summed E-state index contributed by atoms with van der Waals surface area (Å²) in [7, 11) is 0. The molecule has 0 atom stereocenters. The summed E-state index contributed by atoms with van der Waals surface area (Å²) in [5, 5.41) is 14.8. The van der Waals surface area contributed by atoms with Gasteiger partial charge in [-0.1, -0.05) is 26.0 Å². The lowest BCUT2D eigenvalue weighted by atomic mass is 10.1. The van der Waals surface area contributed by atoms with E-state index in [9.17, 15) is 10.1 Å². The third kappa shape index (κ3) is 3.05. The van der Waals surface area contributed by atoms with Crippen molar-refractivity contribution in [3.8, 4) is 0 Å². The third-order valence-electron chi connectivity index (χ3n) is 2.29. The summed E-state index contributed by atoms with van der Waals surface area (Å²) in [6.45, 7) is 5.91. The molecule has 86 valence electrons. The summed E-state index contributed by atoms with van der Waals surface area (Å²) in [5.41, 5.74) is 4.06. The maximum Gasteiger partial charge on any atom is 0.294 e. The molecular weight excluding hydrogens is 206 g/mol. The smallest absolute Gasteiger partial charge is 0.272 e. The van der Waals surface area contributed by atoms with E-state index in [1.54, 1.807) is 18.2 Å². The molecule has 0 radical (unpaired) electrons. The molecule has 0 aromatic heterocycles. The van der Waals surface area contributed by atoms with Gasteiger partial charge in [0.15, 0.2) is 0 Å². The van der Waals surface area contributed by atoms with Gasteiger partial charge < -0.3 is 0 Å². The molecule has 0 aliphatic carbocycles. The fourth-order valence-electron chi connectivity index (χ4n) is 1.00. The monoisotopic (exact) mass is 221 g/mol. The van der Waals surface area contributed by atoms with E-state index in [1.807, 2.05) is 20.8 Å². The Morgan fingerprint density at radius 3 is 2.62 bits per heavy atom. The molecule has 1 aromatic rings. The highest BCUT2D eigenvalue weighted by Crippen LogP contribution is 2.23. The van der Waals surface area contributed by atoms with Crippen LogP contribution in [-0.2, 0) is 0 Å². The minimum atomic E-state index is -0.428. The second-order valence-corrected chi connectivity index (χ2v) is 3.79. The Labute approximate surface area is 94.3 Å². The van der Waals surface area contributed by atoms with Gasteiger partial charge in [0.25, 0.3) is 5.69 Å². The number of hydrogen-bond donors (Lipinski definition) is 1. The molecule has 0 fully saturated rings. The number of hydrazone groups is 1. The van der Waals surface area contributed by atoms with Gasteiger partial charge in [-0.3, -0.25) is 15.5 Å². The minimum absolute atomic E-state index is 0.0304. The standard InChI is InChI=1S/C11H15N3O2/c1-8(2)9(3)12-13-10-6-4-5-7-11(10)14(15)16/h4-8,13H,1-3H3. The summed E-state index contributed by atoms with van der Waals surface area (Å²) in [5.74, 6) is 0.315. The van der Waals surface area contributed by atoms with Gasteiger partial charge in [-0.05, 0) is 18.9 Å². The number of nitro groups is 1. The van der Waals surface area contributed by atoms with Gasteiger partial charge in [0.1, 0.15) is 5.69 Å². The van der Waals surface area contributed by atoms with Gasteiger partial charge in [-0.25, -0.2) is 0 Å². The molecule has 0 unspecified atom stereocenters. The number of nitro benzene ring substituents is 1. The van der Waals surface area contributed by atoms with Gasteiger partial charge in [-0.2, -0.15) is 5.10 Å². The van der Waals surface area contributed by atoms with Gasteiger partial charge in [0.2, 0.25) is 0 Å². The number of benzene rings is 1. The second kappa shape index (κ2) is 5.25. The van der Waals surface area contributed by atoms with Crippen molar-refractivity contribution in [2.75, 3.05) is 5.43 Å². The number of hydrogen-bond acceptors (Lipinski definition) is 4. The van der Waals surface area contributed by atoms with Gasteiger partial charge in [-0.15, -0.1) is 0 Å². The predicted molar refractivity (Wildman–Crippen MR) is 64.7 cm³/mol. The third-order valence-corrected chi connectivity index (χ3v) is 2.29.